The van der Waals surface area contributed by atoms with Crippen LogP contribution in [0.15, 0.2) is 30.6 Å². The third-order valence-electron chi connectivity index (χ3n) is 3.27. The second-order valence-corrected chi connectivity index (χ2v) is 5.26. The molecule has 21 heavy (non-hydrogen) atoms. The van der Waals surface area contributed by atoms with Crippen molar-refractivity contribution in [1.82, 2.24) is 15.1 Å². The number of rotatable bonds is 5. The Kier molecular flexibility index (Phi) is 4.96. The summed E-state index contributed by atoms with van der Waals surface area (Å²) in [5, 5.41) is 7.23. The van der Waals surface area contributed by atoms with Crippen molar-refractivity contribution in [3.63, 3.8) is 0 Å². The van der Waals surface area contributed by atoms with E-state index in [1.54, 1.807) is 16.9 Å². The molecule has 1 aromatic carbocycles. The fraction of sp³-hybridized carbons (Fsp3) is 0.333. The van der Waals surface area contributed by atoms with E-state index in [2.05, 4.69) is 10.4 Å². The van der Waals surface area contributed by atoms with E-state index in [0.29, 0.717) is 0 Å². The number of benzene rings is 1. The molecule has 1 heterocycles. The highest BCUT2D eigenvalue weighted by molar-refractivity contribution is 6.31. The molecule has 0 fully saturated rings. The molecule has 0 aliphatic rings. The van der Waals surface area contributed by atoms with Crippen molar-refractivity contribution in [2.45, 2.75) is 25.8 Å². The first-order valence-electron chi connectivity index (χ1n) is 6.72. The maximum atomic E-state index is 13.7. The summed E-state index contributed by atoms with van der Waals surface area (Å²) in [5.74, 6) is -0.732. The summed E-state index contributed by atoms with van der Waals surface area (Å²) >= 11 is 5.93. The molecule has 2 rings (SSSR count). The number of hydrogen-bond acceptors (Lipinski definition) is 2. The van der Waals surface area contributed by atoms with Gasteiger partial charge in [-0.15, -0.1) is 0 Å². The van der Waals surface area contributed by atoms with Crippen LogP contribution < -0.4 is 5.32 Å². The fourth-order valence-electron chi connectivity index (χ4n) is 2.15. The first kappa shape index (κ1) is 15.5. The molecule has 2 aromatic rings. The molecule has 1 N–H and O–H groups in total. The van der Waals surface area contributed by atoms with E-state index in [-0.39, 0.29) is 29.0 Å². The molecule has 1 aromatic heterocycles. The summed E-state index contributed by atoms with van der Waals surface area (Å²) in [7, 11) is 1.82. The molecule has 0 bridgehead atoms. The zero-order valence-electron chi connectivity index (χ0n) is 11.9. The van der Waals surface area contributed by atoms with Crippen molar-refractivity contribution < 1.29 is 9.18 Å². The lowest BCUT2D eigenvalue weighted by molar-refractivity contribution is -0.121. The van der Waals surface area contributed by atoms with Crippen LogP contribution in [0.1, 0.15) is 30.5 Å². The Morgan fingerprint density at radius 1 is 1.52 bits per heavy atom. The molecule has 0 unspecified atom stereocenters. The van der Waals surface area contributed by atoms with Crippen LogP contribution in [0.4, 0.5) is 4.39 Å². The van der Waals surface area contributed by atoms with Gasteiger partial charge in [-0.2, -0.15) is 5.10 Å². The Morgan fingerprint density at radius 2 is 2.29 bits per heavy atom. The van der Waals surface area contributed by atoms with Crippen molar-refractivity contribution in [3.8, 4) is 0 Å². The highest BCUT2D eigenvalue weighted by Gasteiger charge is 2.17. The van der Waals surface area contributed by atoms with Crippen LogP contribution in [0, 0.1) is 5.82 Å². The van der Waals surface area contributed by atoms with Crippen molar-refractivity contribution in [1.29, 1.82) is 0 Å². The standard InChI is InChI=1S/C15H17ClFN3O/c1-3-14(10-8-18-20(2)9-10)19-15(21)7-11-12(16)5-4-6-13(11)17/h4-6,8-9,14H,3,7H2,1-2H3,(H,19,21)/t14-/m1/s1. The van der Waals surface area contributed by atoms with Gasteiger partial charge in [-0.3, -0.25) is 9.48 Å². The molecule has 0 aliphatic heterocycles. The van der Waals surface area contributed by atoms with Crippen LogP contribution >= 0.6 is 11.6 Å². The van der Waals surface area contributed by atoms with Crippen LogP contribution in [0.25, 0.3) is 0 Å². The number of hydrogen-bond donors (Lipinski definition) is 1. The highest BCUT2D eigenvalue weighted by Crippen LogP contribution is 2.20. The lowest BCUT2D eigenvalue weighted by Crippen LogP contribution is -2.29. The zero-order valence-corrected chi connectivity index (χ0v) is 12.7. The van der Waals surface area contributed by atoms with Crippen LogP contribution in [0.3, 0.4) is 0 Å². The predicted molar refractivity (Wildman–Crippen MR) is 79.5 cm³/mol. The summed E-state index contributed by atoms with van der Waals surface area (Å²) < 4.78 is 15.4. The van der Waals surface area contributed by atoms with Gasteiger partial charge in [-0.25, -0.2) is 4.39 Å². The van der Waals surface area contributed by atoms with E-state index in [4.69, 9.17) is 11.6 Å². The molecular formula is C15H17ClFN3O. The van der Waals surface area contributed by atoms with Gasteiger partial charge < -0.3 is 5.32 Å². The van der Waals surface area contributed by atoms with Gasteiger partial charge in [0.1, 0.15) is 5.82 Å². The van der Waals surface area contributed by atoms with Crippen molar-refractivity contribution in [2.24, 2.45) is 7.05 Å². The minimum absolute atomic E-state index is 0.0811. The number of halogens is 2. The maximum absolute atomic E-state index is 13.7. The van der Waals surface area contributed by atoms with Crippen LogP contribution in [-0.4, -0.2) is 15.7 Å². The Labute approximate surface area is 127 Å². The monoisotopic (exact) mass is 309 g/mol. The van der Waals surface area contributed by atoms with Crippen LogP contribution in [0.5, 0.6) is 0 Å². The first-order valence-corrected chi connectivity index (χ1v) is 7.09. The van der Waals surface area contributed by atoms with Crippen molar-refractivity contribution in [2.75, 3.05) is 0 Å². The Balaban J connectivity index is 2.07. The summed E-state index contributed by atoms with van der Waals surface area (Å²) in [6.45, 7) is 1.97. The second kappa shape index (κ2) is 6.72. The van der Waals surface area contributed by atoms with Crippen molar-refractivity contribution in [3.05, 3.63) is 52.6 Å². The third-order valence-corrected chi connectivity index (χ3v) is 3.62. The topological polar surface area (TPSA) is 46.9 Å². The summed E-state index contributed by atoms with van der Waals surface area (Å²) in [5.41, 5.74) is 1.14. The molecule has 1 atom stereocenters. The average molecular weight is 310 g/mol. The Morgan fingerprint density at radius 3 is 2.86 bits per heavy atom. The van der Waals surface area contributed by atoms with Gasteiger partial charge in [0, 0.05) is 29.4 Å². The van der Waals surface area contributed by atoms with E-state index in [9.17, 15) is 9.18 Å². The summed E-state index contributed by atoms with van der Waals surface area (Å²) in [6, 6.07) is 4.25. The quantitative estimate of drug-likeness (QED) is 0.923. The number of aryl methyl sites for hydroxylation is 1. The van der Waals surface area contributed by atoms with Gasteiger partial charge in [-0.05, 0) is 18.6 Å². The molecule has 0 aliphatic carbocycles. The number of nitrogens with one attached hydrogen (secondary N) is 1. The predicted octanol–water partition coefficient (Wildman–Crippen LogP) is 3.02. The smallest absolute Gasteiger partial charge is 0.225 e. The SMILES string of the molecule is CC[C@@H](NC(=O)Cc1c(F)cccc1Cl)c1cnn(C)c1. The van der Waals surface area contributed by atoms with Crippen LogP contribution in [-0.2, 0) is 18.3 Å². The van der Waals surface area contributed by atoms with Gasteiger partial charge in [0.2, 0.25) is 5.91 Å². The highest BCUT2D eigenvalue weighted by atomic mass is 35.5. The van der Waals surface area contributed by atoms with Gasteiger partial charge in [-0.1, -0.05) is 24.6 Å². The third kappa shape index (κ3) is 3.82. The average Bonchev–Trinajstić information content (AvgIpc) is 2.87. The van der Waals surface area contributed by atoms with E-state index >= 15 is 0 Å². The van der Waals surface area contributed by atoms with E-state index in [0.717, 1.165) is 12.0 Å². The number of nitrogens with zero attached hydrogens (tertiary/aromatic N) is 2. The molecular weight excluding hydrogens is 293 g/mol. The molecule has 0 spiro atoms. The van der Waals surface area contributed by atoms with Gasteiger partial charge in [0.05, 0.1) is 18.7 Å². The normalized spacial score (nSPS) is 12.2. The van der Waals surface area contributed by atoms with E-state index < -0.39 is 5.82 Å². The number of carbonyl (C=O) groups is 1. The molecule has 0 saturated heterocycles. The molecule has 1 amide bonds. The van der Waals surface area contributed by atoms with Crippen LogP contribution in [0.2, 0.25) is 5.02 Å². The number of amides is 1. The minimum Gasteiger partial charge on any atom is -0.349 e. The summed E-state index contributed by atoms with van der Waals surface area (Å²) in [4.78, 5) is 12.1. The number of carbonyl (C=O) groups excluding carboxylic acids is 1. The maximum Gasteiger partial charge on any atom is 0.225 e. The fourth-order valence-corrected chi connectivity index (χ4v) is 2.38. The molecule has 0 radical (unpaired) electrons. The second-order valence-electron chi connectivity index (χ2n) is 4.85. The molecule has 6 heteroatoms. The largest absolute Gasteiger partial charge is 0.349 e. The zero-order chi connectivity index (χ0) is 15.4. The number of aromatic nitrogens is 2. The first-order chi connectivity index (χ1) is 10.0. The van der Waals surface area contributed by atoms with Gasteiger partial charge in [0.15, 0.2) is 0 Å². The van der Waals surface area contributed by atoms with E-state index in [1.807, 2.05) is 20.2 Å². The molecule has 4 nitrogen and oxygen atoms in total. The minimum atomic E-state index is -0.466. The Bertz CT molecular complexity index is 621. The summed E-state index contributed by atoms with van der Waals surface area (Å²) in [6.07, 6.45) is 4.21. The Hall–Kier alpha value is -1.88. The van der Waals surface area contributed by atoms with Gasteiger partial charge in [0.25, 0.3) is 0 Å². The van der Waals surface area contributed by atoms with E-state index in [1.165, 1.54) is 12.1 Å². The molecule has 0 saturated carbocycles. The lowest BCUT2D eigenvalue weighted by Gasteiger charge is -2.16. The van der Waals surface area contributed by atoms with Gasteiger partial charge >= 0.3 is 0 Å². The molecule has 112 valence electrons. The van der Waals surface area contributed by atoms with Crippen molar-refractivity contribution >= 4 is 17.5 Å². The lowest BCUT2D eigenvalue weighted by atomic mass is 10.1.